The SMILES string of the molecule is CSC(C)(SC)C(=O)NNc1c(Cl)cc(Cl)cc1Cl. The summed E-state index contributed by atoms with van der Waals surface area (Å²) in [5, 5.41) is 1.12. The van der Waals surface area contributed by atoms with E-state index in [9.17, 15) is 4.79 Å². The van der Waals surface area contributed by atoms with Crippen molar-refractivity contribution in [1.82, 2.24) is 5.43 Å². The first kappa shape index (κ1) is 17.1. The zero-order valence-corrected chi connectivity index (χ0v) is 14.4. The van der Waals surface area contributed by atoms with Gasteiger partial charge in [-0.2, -0.15) is 0 Å². The van der Waals surface area contributed by atoms with Crippen LogP contribution >= 0.6 is 58.3 Å². The maximum absolute atomic E-state index is 12.1. The van der Waals surface area contributed by atoms with Gasteiger partial charge in [0.2, 0.25) is 0 Å². The highest BCUT2D eigenvalue weighted by atomic mass is 35.5. The van der Waals surface area contributed by atoms with E-state index in [-0.39, 0.29) is 5.91 Å². The molecule has 0 aromatic heterocycles. The van der Waals surface area contributed by atoms with Crippen molar-refractivity contribution in [2.24, 2.45) is 0 Å². The molecular formula is C11H13Cl3N2OS2. The van der Waals surface area contributed by atoms with E-state index in [1.54, 1.807) is 12.1 Å². The number of halogens is 3. The summed E-state index contributed by atoms with van der Waals surface area (Å²) in [6, 6.07) is 3.09. The minimum Gasteiger partial charge on any atom is -0.296 e. The van der Waals surface area contributed by atoms with Gasteiger partial charge >= 0.3 is 0 Å². The molecule has 0 aliphatic heterocycles. The van der Waals surface area contributed by atoms with Crippen LogP contribution in [0, 0.1) is 0 Å². The lowest BCUT2D eigenvalue weighted by Crippen LogP contribution is -2.42. The van der Waals surface area contributed by atoms with E-state index in [0.29, 0.717) is 20.8 Å². The van der Waals surface area contributed by atoms with Gasteiger partial charge in [-0.25, -0.2) is 0 Å². The Bertz CT molecular complexity index is 458. The molecule has 0 unspecified atom stereocenters. The number of benzene rings is 1. The first-order valence-corrected chi connectivity index (χ1v) is 8.73. The van der Waals surface area contributed by atoms with E-state index in [0.717, 1.165) is 0 Å². The fourth-order valence-electron chi connectivity index (χ4n) is 1.16. The molecule has 0 aliphatic carbocycles. The summed E-state index contributed by atoms with van der Waals surface area (Å²) >= 11 is 20.7. The van der Waals surface area contributed by atoms with Crippen LogP contribution in [0.1, 0.15) is 6.92 Å². The van der Waals surface area contributed by atoms with Crippen molar-refractivity contribution in [1.29, 1.82) is 0 Å². The van der Waals surface area contributed by atoms with Crippen LogP contribution < -0.4 is 10.9 Å². The third-order valence-electron chi connectivity index (χ3n) is 2.50. The molecule has 0 radical (unpaired) electrons. The van der Waals surface area contributed by atoms with Crippen LogP contribution in [0.25, 0.3) is 0 Å². The predicted octanol–water partition coefficient (Wildman–Crippen LogP) is 4.53. The molecule has 19 heavy (non-hydrogen) atoms. The number of hydrogen-bond acceptors (Lipinski definition) is 4. The van der Waals surface area contributed by atoms with Gasteiger partial charge in [-0.1, -0.05) is 34.8 Å². The number of carbonyl (C=O) groups excluding carboxylic acids is 1. The summed E-state index contributed by atoms with van der Waals surface area (Å²) in [6.07, 6.45) is 3.75. The number of nitrogens with one attached hydrogen (secondary N) is 2. The molecule has 0 bridgehead atoms. The first-order chi connectivity index (χ1) is 8.84. The Morgan fingerprint density at radius 3 is 2.05 bits per heavy atom. The van der Waals surface area contributed by atoms with E-state index >= 15 is 0 Å². The first-order valence-electron chi connectivity index (χ1n) is 5.15. The molecule has 0 atom stereocenters. The normalized spacial score (nSPS) is 11.3. The monoisotopic (exact) mass is 358 g/mol. The maximum atomic E-state index is 12.1. The summed E-state index contributed by atoms with van der Waals surface area (Å²) in [6.45, 7) is 1.84. The second kappa shape index (κ2) is 7.18. The van der Waals surface area contributed by atoms with Crippen molar-refractivity contribution in [3.63, 3.8) is 0 Å². The topological polar surface area (TPSA) is 41.1 Å². The Labute approximate surface area is 136 Å². The number of hydrogen-bond donors (Lipinski definition) is 2. The average molecular weight is 360 g/mol. The Hall–Kier alpha value is 0.0600. The van der Waals surface area contributed by atoms with Crippen molar-refractivity contribution in [2.75, 3.05) is 17.9 Å². The van der Waals surface area contributed by atoms with Crippen LogP contribution in [-0.4, -0.2) is 22.5 Å². The highest BCUT2D eigenvalue weighted by Gasteiger charge is 2.31. The molecule has 1 aromatic carbocycles. The van der Waals surface area contributed by atoms with Crippen LogP contribution in [0.5, 0.6) is 0 Å². The molecule has 1 amide bonds. The fraction of sp³-hybridized carbons (Fsp3) is 0.364. The maximum Gasteiger partial charge on any atom is 0.264 e. The summed E-state index contributed by atoms with van der Waals surface area (Å²) in [7, 11) is 0. The van der Waals surface area contributed by atoms with Gasteiger partial charge in [0.1, 0.15) is 4.08 Å². The number of amides is 1. The second-order valence-electron chi connectivity index (χ2n) is 3.68. The summed E-state index contributed by atoms with van der Waals surface area (Å²) < 4.78 is -0.585. The van der Waals surface area contributed by atoms with Gasteiger partial charge < -0.3 is 0 Å². The highest BCUT2D eigenvalue weighted by molar-refractivity contribution is 8.18. The van der Waals surface area contributed by atoms with Gasteiger partial charge in [-0.3, -0.25) is 15.6 Å². The summed E-state index contributed by atoms with van der Waals surface area (Å²) in [5.41, 5.74) is 5.76. The van der Waals surface area contributed by atoms with Crippen LogP contribution in [0.15, 0.2) is 12.1 Å². The predicted molar refractivity (Wildman–Crippen MR) is 88.7 cm³/mol. The van der Waals surface area contributed by atoms with Gasteiger partial charge in [-0.15, -0.1) is 23.5 Å². The fourth-order valence-corrected chi connectivity index (χ4v) is 3.21. The van der Waals surface area contributed by atoms with Crippen molar-refractivity contribution in [2.45, 2.75) is 11.0 Å². The van der Waals surface area contributed by atoms with Gasteiger partial charge in [0.05, 0.1) is 15.7 Å². The molecule has 0 fully saturated rings. The van der Waals surface area contributed by atoms with Crippen molar-refractivity contribution in [3.8, 4) is 0 Å². The van der Waals surface area contributed by atoms with Crippen LogP contribution in [0.3, 0.4) is 0 Å². The number of carbonyl (C=O) groups is 1. The van der Waals surface area contributed by atoms with Gasteiger partial charge in [0.15, 0.2) is 0 Å². The van der Waals surface area contributed by atoms with E-state index in [1.165, 1.54) is 23.5 Å². The lowest BCUT2D eigenvalue weighted by molar-refractivity contribution is -0.120. The van der Waals surface area contributed by atoms with Crippen molar-refractivity contribution >= 4 is 69.9 Å². The second-order valence-corrected chi connectivity index (χ2v) is 7.64. The summed E-state index contributed by atoms with van der Waals surface area (Å²) in [5.74, 6) is -0.172. The Morgan fingerprint density at radius 2 is 1.63 bits per heavy atom. The molecule has 0 saturated heterocycles. The number of hydrazine groups is 1. The lowest BCUT2D eigenvalue weighted by atomic mass is 10.3. The van der Waals surface area contributed by atoms with Crippen molar-refractivity contribution in [3.05, 3.63) is 27.2 Å². The molecule has 0 aliphatic rings. The van der Waals surface area contributed by atoms with E-state index < -0.39 is 4.08 Å². The number of thioether (sulfide) groups is 2. The molecule has 8 heteroatoms. The van der Waals surface area contributed by atoms with Gasteiger partial charge in [0.25, 0.3) is 5.91 Å². The van der Waals surface area contributed by atoms with Crippen molar-refractivity contribution < 1.29 is 4.79 Å². The Morgan fingerprint density at radius 1 is 1.16 bits per heavy atom. The largest absolute Gasteiger partial charge is 0.296 e. The third kappa shape index (κ3) is 4.26. The average Bonchev–Trinajstić information content (AvgIpc) is 2.36. The quantitative estimate of drug-likeness (QED) is 0.598. The van der Waals surface area contributed by atoms with E-state index in [4.69, 9.17) is 34.8 Å². The van der Waals surface area contributed by atoms with Gasteiger partial charge in [-0.05, 0) is 31.6 Å². The summed E-state index contributed by atoms with van der Waals surface area (Å²) in [4.78, 5) is 12.1. The molecule has 1 aromatic rings. The molecule has 0 heterocycles. The van der Waals surface area contributed by atoms with Crippen LogP contribution in [0.2, 0.25) is 15.1 Å². The minimum atomic E-state index is -0.585. The molecule has 0 spiro atoms. The number of rotatable bonds is 5. The van der Waals surface area contributed by atoms with Crippen LogP contribution in [0.4, 0.5) is 5.69 Å². The Balaban J connectivity index is 2.81. The zero-order valence-electron chi connectivity index (χ0n) is 10.5. The zero-order chi connectivity index (χ0) is 14.6. The molecular weight excluding hydrogens is 347 g/mol. The molecule has 3 nitrogen and oxygen atoms in total. The smallest absolute Gasteiger partial charge is 0.264 e. The lowest BCUT2D eigenvalue weighted by Gasteiger charge is -2.24. The molecule has 1 rings (SSSR count). The van der Waals surface area contributed by atoms with Gasteiger partial charge in [0, 0.05) is 5.02 Å². The number of anilines is 1. The van der Waals surface area contributed by atoms with E-state index in [2.05, 4.69) is 10.9 Å². The standard InChI is InChI=1S/C11H13Cl3N2OS2/c1-11(18-2,19-3)10(17)16-15-9-7(13)4-6(12)5-8(9)14/h4-5,15H,1-3H3,(H,16,17). The third-order valence-corrected chi connectivity index (χ3v) is 6.24. The highest BCUT2D eigenvalue weighted by Crippen LogP contribution is 2.35. The van der Waals surface area contributed by atoms with E-state index in [1.807, 2.05) is 19.4 Å². The molecule has 2 N–H and O–H groups in total. The molecule has 106 valence electrons. The molecule has 0 saturated carbocycles. The Kier molecular flexibility index (Phi) is 6.47. The minimum absolute atomic E-state index is 0.172. The van der Waals surface area contributed by atoms with Crippen LogP contribution in [-0.2, 0) is 4.79 Å².